The van der Waals surface area contributed by atoms with Crippen LogP contribution in [0.15, 0.2) is 0 Å². The van der Waals surface area contributed by atoms with E-state index in [1.54, 1.807) is 0 Å². The minimum absolute atomic E-state index is 0.0661. The number of hydrogen-bond donors (Lipinski definition) is 2. The molecule has 4 unspecified atom stereocenters. The lowest BCUT2D eigenvalue weighted by Crippen LogP contribution is -2.52. The summed E-state index contributed by atoms with van der Waals surface area (Å²) in [5.74, 6) is 0.398. The molecule has 2 aliphatic heterocycles. The number of piperidine rings is 1. The molecule has 98 valence electrons. The number of ether oxygens (including phenoxy) is 1. The fourth-order valence-electron chi connectivity index (χ4n) is 2.70. The van der Waals surface area contributed by atoms with Crippen molar-refractivity contribution >= 4 is 5.91 Å². The Morgan fingerprint density at radius 2 is 2.24 bits per heavy atom. The molecule has 0 spiro atoms. The maximum atomic E-state index is 12.1. The Morgan fingerprint density at radius 3 is 2.82 bits per heavy atom. The maximum absolute atomic E-state index is 12.1. The second-order valence-corrected chi connectivity index (χ2v) is 5.45. The summed E-state index contributed by atoms with van der Waals surface area (Å²) in [5, 5.41) is 3.14. The lowest BCUT2D eigenvalue weighted by Gasteiger charge is -2.35. The fraction of sp³-hybridized carbons (Fsp3) is 0.917. The van der Waals surface area contributed by atoms with Crippen molar-refractivity contribution in [3.8, 4) is 0 Å². The van der Waals surface area contributed by atoms with Crippen molar-refractivity contribution in [3.05, 3.63) is 0 Å². The number of hydrogen-bond acceptors (Lipinski definition) is 4. The van der Waals surface area contributed by atoms with Crippen LogP contribution in [-0.4, -0.2) is 56.2 Å². The van der Waals surface area contributed by atoms with Gasteiger partial charge in [-0.15, -0.1) is 0 Å². The summed E-state index contributed by atoms with van der Waals surface area (Å²) in [6.07, 6.45) is 1.02. The second kappa shape index (κ2) is 5.33. The minimum atomic E-state index is -0.165. The van der Waals surface area contributed by atoms with Crippen LogP contribution < -0.4 is 11.1 Å². The van der Waals surface area contributed by atoms with Gasteiger partial charge in [-0.05, 0) is 25.9 Å². The van der Waals surface area contributed by atoms with E-state index in [1.807, 2.05) is 0 Å². The highest BCUT2D eigenvalue weighted by atomic mass is 16.5. The van der Waals surface area contributed by atoms with Gasteiger partial charge in [-0.25, -0.2) is 0 Å². The van der Waals surface area contributed by atoms with E-state index in [0.717, 1.165) is 19.5 Å². The third kappa shape index (κ3) is 2.97. The molecule has 5 heteroatoms. The molecule has 3 N–H and O–H groups in total. The normalized spacial score (nSPS) is 39.2. The third-order valence-electron chi connectivity index (χ3n) is 3.90. The molecule has 1 amide bonds. The predicted octanol–water partition coefficient (Wildman–Crippen LogP) is -0.583. The molecule has 0 aliphatic carbocycles. The molecule has 17 heavy (non-hydrogen) atoms. The molecule has 0 bridgehead atoms. The van der Waals surface area contributed by atoms with Gasteiger partial charge >= 0.3 is 0 Å². The molecule has 2 rings (SSSR count). The maximum Gasteiger partial charge on any atom is 0.227 e. The predicted molar refractivity (Wildman–Crippen MR) is 65.5 cm³/mol. The number of carbonyl (C=O) groups is 1. The van der Waals surface area contributed by atoms with E-state index in [4.69, 9.17) is 10.5 Å². The first-order chi connectivity index (χ1) is 8.08. The molecule has 0 radical (unpaired) electrons. The van der Waals surface area contributed by atoms with E-state index in [9.17, 15) is 4.79 Å². The summed E-state index contributed by atoms with van der Waals surface area (Å²) in [7, 11) is 2.12. The van der Waals surface area contributed by atoms with E-state index in [1.165, 1.54) is 0 Å². The lowest BCUT2D eigenvalue weighted by atomic mass is 9.93. The highest BCUT2D eigenvalue weighted by Gasteiger charge is 2.34. The van der Waals surface area contributed by atoms with Gasteiger partial charge in [0.15, 0.2) is 0 Å². The standard InChI is InChI=1S/C12H23N3O2/c1-8-5-15(2)4-3-11(8)14-12(16)9-6-17-7-10(9)13/h8-11H,3-7,13H2,1-2H3,(H,14,16). The largest absolute Gasteiger partial charge is 0.379 e. The van der Waals surface area contributed by atoms with Gasteiger partial charge in [-0.1, -0.05) is 6.92 Å². The van der Waals surface area contributed by atoms with Gasteiger partial charge in [0.1, 0.15) is 0 Å². The zero-order valence-electron chi connectivity index (χ0n) is 10.7. The van der Waals surface area contributed by atoms with Gasteiger partial charge in [-0.2, -0.15) is 0 Å². The number of nitrogens with two attached hydrogens (primary N) is 1. The van der Waals surface area contributed by atoms with Crippen molar-refractivity contribution in [1.82, 2.24) is 10.2 Å². The van der Waals surface area contributed by atoms with Gasteiger partial charge < -0.3 is 20.7 Å². The molecular formula is C12H23N3O2. The van der Waals surface area contributed by atoms with Crippen molar-refractivity contribution in [1.29, 1.82) is 0 Å². The number of nitrogens with one attached hydrogen (secondary N) is 1. The first-order valence-electron chi connectivity index (χ1n) is 6.40. The first-order valence-corrected chi connectivity index (χ1v) is 6.40. The van der Waals surface area contributed by atoms with Gasteiger partial charge in [0.2, 0.25) is 5.91 Å². The topological polar surface area (TPSA) is 67.6 Å². The quantitative estimate of drug-likeness (QED) is 0.678. The van der Waals surface area contributed by atoms with Crippen LogP contribution in [0, 0.1) is 11.8 Å². The highest BCUT2D eigenvalue weighted by molar-refractivity contribution is 5.80. The van der Waals surface area contributed by atoms with Crippen molar-refractivity contribution in [2.45, 2.75) is 25.4 Å². The molecule has 2 heterocycles. The lowest BCUT2D eigenvalue weighted by molar-refractivity contribution is -0.126. The molecule has 0 aromatic heterocycles. The molecule has 0 saturated carbocycles. The van der Waals surface area contributed by atoms with E-state index in [0.29, 0.717) is 19.1 Å². The van der Waals surface area contributed by atoms with Crippen molar-refractivity contribution < 1.29 is 9.53 Å². The van der Waals surface area contributed by atoms with Crippen LogP contribution >= 0.6 is 0 Å². The summed E-state index contributed by atoms with van der Waals surface area (Å²) < 4.78 is 5.23. The van der Waals surface area contributed by atoms with E-state index in [2.05, 4.69) is 24.2 Å². The van der Waals surface area contributed by atoms with Gasteiger partial charge in [0, 0.05) is 18.6 Å². The molecule has 0 aromatic carbocycles. The Balaban J connectivity index is 1.86. The zero-order chi connectivity index (χ0) is 12.4. The summed E-state index contributed by atoms with van der Waals surface area (Å²) in [6, 6.07) is 0.142. The summed E-state index contributed by atoms with van der Waals surface area (Å²) in [6.45, 7) is 5.24. The summed E-state index contributed by atoms with van der Waals surface area (Å²) in [4.78, 5) is 14.4. The van der Waals surface area contributed by atoms with Crippen LogP contribution in [0.4, 0.5) is 0 Å². The van der Waals surface area contributed by atoms with Crippen molar-refractivity contribution in [2.75, 3.05) is 33.4 Å². The monoisotopic (exact) mass is 241 g/mol. The van der Waals surface area contributed by atoms with Crippen LogP contribution in [0.2, 0.25) is 0 Å². The van der Waals surface area contributed by atoms with E-state index in [-0.39, 0.29) is 23.9 Å². The third-order valence-corrected chi connectivity index (χ3v) is 3.90. The first kappa shape index (κ1) is 12.8. The average molecular weight is 241 g/mol. The minimum Gasteiger partial charge on any atom is -0.379 e. The average Bonchev–Trinajstić information content (AvgIpc) is 2.68. The highest BCUT2D eigenvalue weighted by Crippen LogP contribution is 2.17. The van der Waals surface area contributed by atoms with Crippen LogP contribution in [0.1, 0.15) is 13.3 Å². The Kier molecular flexibility index (Phi) is 4.01. The zero-order valence-corrected chi connectivity index (χ0v) is 10.7. The molecular weight excluding hydrogens is 218 g/mol. The second-order valence-electron chi connectivity index (χ2n) is 5.45. The van der Waals surface area contributed by atoms with E-state index < -0.39 is 0 Å². The molecule has 2 saturated heterocycles. The number of likely N-dealkylation sites (tertiary alicyclic amines) is 1. The number of rotatable bonds is 2. The smallest absolute Gasteiger partial charge is 0.227 e. The van der Waals surface area contributed by atoms with E-state index >= 15 is 0 Å². The van der Waals surface area contributed by atoms with Crippen molar-refractivity contribution in [3.63, 3.8) is 0 Å². The number of amides is 1. The molecule has 0 aromatic rings. The van der Waals surface area contributed by atoms with Crippen molar-refractivity contribution in [2.24, 2.45) is 17.6 Å². The summed E-state index contributed by atoms with van der Waals surface area (Å²) in [5.41, 5.74) is 5.85. The van der Waals surface area contributed by atoms with Crippen LogP contribution in [0.25, 0.3) is 0 Å². The molecule has 2 fully saturated rings. The SMILES string of the molecule is CC1CN(C)CCC1NC(=O)C1COCC1N. The molecule has 2 aliphatic rings. The number of carbonyl (C=O) groups excluding carboxylic acids is 1. The Labute approximate surface area is 103 Å². The Bertz CT molecular complexity index is 285. The van der Waals surface area contributed by atoms with Gasteiger partial charge in [0.25, 0.3) is 0 Å². The summed E-state index contributed by atoms with van der Waals surface area (Å²) >= 11 is 0. The van der Waals surface area contributed by atoms with Gasteiger partial charge in [0.05, 0.1) is 19.1 Å². The number of nitrogens with zero attached hydrogens (tertiary/aromatic N) is 1. The van der Waals surface area contributed by atoms with Gasteiger partial charge in [-0.3, -0.25) is 4.79 Å². The molecule has 4 atom stereocenters. The Hall–Kier alpha value is -0.650. The Morgan fingerprint density at radius 1 is 1.47 bits per heavy atom. The van der Waals surface area contributed by atoms with Crippen LogP contribution in [-0.2, 0) is 9.53 Å². The molecule has 5 nitrogen and oxygen atoms in total. The fourth-order valence-corrected chi connectivity index (χ4v) is 2.70. The van der Waals surface area contributed by atoms with Crippen LogP contribution in [0.3, 0.4) is 0 Å². The van der Waals surface area contributed by atoms with Crippen LogP contribution in [0.5, 0.6) is 0 Å².